The van der Waals surface area contributed by atoms with Gasteiger partial charge in [0.15, 0.2) is 0 Å². The lowest BCUT2D eigenvalue weighted by molar-refractivity contribution is 0.547. The fourth-order valence-electron chi connectivity index (χ4n) is 9.45. The molecule has 1 heterocycles. The maximum atomic E-state index is 16.1. The van der Waals surface area contributed by atoms with Crippen LogP contribution in [0.4, 0.5) is 22.7 Å². The average Bonchev–Trinajstić information content (AvgIpc) is 3.51. The van der Waals surface area contributed by atoms with E-state index in [9.17, 15) is 0 Å². The van der Waals surface area contributed by atoms with Crippen LogP contribution in [0, 0.1) is 0 Å². The first-order chi connectivity index (χ1) is 31.2. The van der Waals surface area contributed by atoms with Crippen molar-refractivity contribution in [2.24, 2.45) is 0 Å². The van der Waals surface area contributed by atoms with Crippen LogP contribution in [0.25, 0.3) is 27.8 Å². The van der Waals surface area contributed by atoms with E-state index in [0.29, 0.717) is 5.70 Å². The normalized spacial score (nSPS) is 18.2. The summed E-state index contributed by atoms with van der Waals surface area (Å²) in [6, 6.07) is 63.7. The van der Waals surface area contributed by atoms with E-state index < -0.39 is 7.44 Å². The van der Waals surface area contributed by atoms with Gasteiger partial charge >= 0.3 is 7.44 Å². The topological polar surface area (TPSA) is 26.8 Å². The van der Waals surface area contributed by atoms with E-state index in [1.807, 2.05) is 82.2 Å². The van der Waals surface area contributed by atoms with Crippen molar-refractivity contribution in [3.05, 3.63) is 265 Å². The Morgan fingerprint density at radius 3 is 2.05 bits per heavy atom. The van der Waals surface area contributed by atoms with E-state index >= 15 is 4.57 Å². The maximum Gasteiger partial charge on any atom is 0.301 e. The molecule has 1 saturated heterocycles. The summed E-state index contributed by atoms with van der Waals surface area (Å²) in [6.07, 6.45) is 15.3. The summed E-state index contributed by atoms with van der Waals surface area (Å²) in [5.74, 6) is 0. The number of nitrogens with zero attached hydrogens (tertiary/aromatic N) is 3. The van der Waals surface area contributed by atoms with Gasteiger partial charge in [-0.1, -0.05) is 172 Å². The number of rotatable bonds is 9. The van der Waals surface area contributed by atoms with Gasteiger partial charge in [0.1, 0.15) is 0 Å². The number of anilines is 4. The first-order valence-corrected chi connectivity index (χ1v) is 23.6. The molecular formula is C59H50N3OP. The molecule has 0 N–H and O–H groups in total. The largest absolute Gasteiger partial charge is 0.310 e. The molecule has 10 rings (SSSR count). The predicted molar refractivity (Wildman–Crippen MR) is 270 cm³/mol. The summed E-state index contributed by atoms with van der Waals surface area (Å²) >= 11 is 0. The highest BCUT2D eigenvalue weighted by atomic mass is 31.2. The van der Waals surface area contributed by atoms with E-state index in [1.165, 1.54) is 33.4 Å². The minimum Gasteiger partial charge on any atom is -0.310 e. The van der Waals surface area contributed by atoms with Gasteiger partial charge in [-0.25, -0.2) is 0 Å². The molecule has 5 heteroatoms. The van der Waals surface area contributed by atoms with Crippen molar-refractivity contribution in [1.82, 2.24) is 4.67 Å². The van der Waals surface area contributed by atoms with Crippen molar-refractivity contribution in [3.63, 3.8) is 0 Å². The van der Waals surface area contributed by atoms with Crippen LogP contribution in [0.3, 0.4) is 0 Å². The molecule has 0 saturated carbocycles. The van der Waals surface area contributed by atoms with Crippen LogP contribution < -0.4 is 14.9 Å². The van der Waals surface area contributed by atoms with E-state index in [2.05, 4.69) is 184 Å². The van der Waals surface area contributed by atoms with E-state index in [1.54, 1.807) is 0 Å². The lowest BCUT2D eigenvalue weighted by Crippen LogP contribution is -2.26. The molecule has 0 amide bonds. The van der Waals surface area contributed by atoms with Gasteiger partial charge in [-0.05, 0) is 131 Å². The quantitative estimate of drug-likeness (QED) is 0.135. The van der Waals surface area contributed by atoms with Gasteiger partial charge in [0.25, 0.3) is 0 Å². The number of para-hydroxylation sites is 1. The Morgan fingerprint density at radius 2 is 1.28 bits per heavy atom. The first-order valence-electron chi connectivity index (χ1n) is 22.0. The van der Waals surface area contributed by atoms with Crippen LogP contribution in [-0.2, 0) is 9.98 Å². The van der Waals surface area contributed by atoms with Gasteiger partial charge in [0.05, 0.1) is 16.7 Å². The highest BCUT2D eigenvalue weighted by Gasteiger charge is 2.50. The van der Waals surface area contributed by atoms with Crippen molar-refractivity contribution in [1.29, 1.82) is 0 Å². The molecule has 2 aliphatic carbocycles. The zero-order valence-electron chi connectivity index (χ0n) is 36.5. The van der Waals surface area contributed by atoms with Crippen molar-refractivity contribution >= 4 is 41.1 Å². The molecule has 1 atom stereocenters. The molecule has 7 aromatic carbocycles. The number of benzene rings is 7. The summed E-state index contributed by atoms with van der Waals surface area (Å²) in [7, 11) is -3.53. The molecule has 4 nitrogen and oxygen atoms in total. The minimum atomic E-state index is -3.53. The van der Waals surface area contributed by atoms with Crippen molar-refractivity contribution in [2.45, 2.75) is 32.6 Å². The average molecular weight is 848 g/mol. The Balaban J connectivity index is 1.08. The summed E-state index contributed by atoms with van der Waals surface area (Å²) in [6.45, 7) is 11.5. The third kappa shape index (κ3) is 7.11. The molecule has 3 aliphatic rings. The Labute approximate surface area is 378 Å². The second-order valence-electron chi connectivity index (χ2n) is 17.0. The van der Waals surface area contributed by atoms with Gasteiger partial charge < -0.3 is 4.90 Å². The molecule has 0 radical (unpaired) electrons. The fourth-order valence-corrected chi connectivity index (χ4v) is 12.5. The van der Waals surface area contributed by atoms with Crippen molar-refractivity contribution in [3.8, 4) is 22.3 Å². The number of hydrogen-bond donors (Lipinski definition) is 0. The van der Waals surface area contributed by atoms with Gasteiger partial charge in [0, 0.05) is 33.9 Å². The van der Waals surface area contributed by atoms with Gasteiger partial charge in [-0.2, -0.15) is 0 Å². The Morgan fingerprint density at radius 1 is 0.641 bits per heavy atom. The zero-order valence-corrected chi connectivity index (χ0v) is 37.4. The standard InChI is InChI=1S/C59H50N3OP/c1-43(33-40-58-44(2)61(49-24-14-8-15-25-49)64(63,53-29-16-9-17-30-53)62(58)50-26-12-5-6-13-27-50)47-23-20-28-51(41-47)60(48-36-34-46(35-37-48)45-21-10-7-11-22-45)52-38-39-55-54-31-18-19-32-56(54)59(3,4)57(55)42-52/h5-12,14-42H,2,13H2,1,3-4H3/b43-33+,58-40+. The molecule has 0 aromatic heterocycles. The van der Waals surface area contributed by atoms with Crippen LogP contribution >= 0.6 is 7.44 Å². The van der Waals surface area contributed by atoms with E-state index in [4.69, 9.17) is 0 Å². The minimum absolute atomic E-state index is 0.142. The van der Waals surface area contributed by atoms with Gasteiger partial charge in [-0.15, -0.1) is 0 Å². The highest BCUT2D eigenvalue weighted by Crippen LogP contribution is 2.66. The second-order valence-corrected chi connectivity index (χ2v) is 19.4. The van der Waals surface area contributed by atoms with E-state index in [-0.39, 0.29) is 5.41 Å². The lowest BCUT2D eigenvalue weighted by atomic mass is 9.82. The molecule has 64 heavy (non-hydrogen) atoms. The Hall–Kier alpha value is -7.39. The SMILES string of the molecule is C=C1/C(=C\C=C(/C)c2cccc(N(c3ccc(-c4ccccc4)cc3)c3ccc4c(c3)C(C)(C)c3ccccc3-4)c2)N(C2=CCC=CC=C2)P(=O)(c2ccccc2)N1c1ccccc1. The van der Waals surface area contributed by atoms with Crippen LogP contribution in [0.15, 0.2) is 248 Å². The van der Waals surface area contributed by atoms with Crippen LogP contribution in [0.2, 0.25) is 0 Å². The van der Waals surface area contributed by atoms with Gasteiger partial charge in [0.2, 0.25) is 0 Å². The van der Waals surface area contributed by atoms with Crippen LogP contribution in [-0.4, -0.2) is 4.67 Å². The monoisotopic (exact) mass is 847 g/mol. The Bertz CT molecular complexity index is 3100. The maximum absolute atomic E-state index is 16.1. The number of fused-ring (bicyclic) bond motifs is 3. The molecule has 0 spiro atoms. The van der Waals surface area contributed by atoms with Crippen LogP contribution in [0.5, 0.6) is 0 Å². The summed E-state index contributed by atoms with van der Waals surface area (Å²) in [5, 5.41) is 0.735. The van der Waals surface area contributed by atoms with Gasteiger partial charge in [-0.3, -0.25) is 13.9 Å². The molecule has 1 fully saturated rings. The van der Waals surface area contributed by atoms with Crippen molar-refractivity contribution in [2.75, 3.05) is 9.57 Å². The molecule has 312 valence electrons. The molecule has 1 aliphatic heterocycles. The van der Waals surface area contributed by atoms with E-state index in [0.717, 1.165) is 57.0 Å². The molecule has 1 unspecified atom stereocenters. The molecule has 7 aromatic rings. The summed E-state index contributed by atoms with van der Waals surface area (Å²) in [4.78, 5) is 2.37. The lowest BCUT2D eigenvalue weighted by Gasteiger charge is -2.32. The number of allylic oxidation sites excluding steroid dienone is 8. The number of hydrogen-bond acceptors (Lipinski definition) is 2. The zero-order chi connectivity index (χ0) is 43.8. The summed E-state index contributed by atoms with van der Waals surface area (Å²) in [5.41, 5.74) is 16.0. The highest BCUT2D eigenvalue weighted by molar-refractivity contribution is 7.71. The molecule has 0 bridgehead atoms. The Kier molecular flexibility index (Phi) is 10.6. The van der Waals surface area contributed by atoms with Crippen molar-refractivity contribution < 1.29 is 4.57 Å². The summed E-state index contributed by atoms with van der Waals surface area (Å²) < 4.78 is 20.1. The third-order valence-electron chi connectivity index (χ3n) is 12.7. The molecular weight excluding hydrogens is 798 g/mol. The smallest absolute Gasteiger partial charge is 0.301 e. The fraction of sp³-hybridized carbons (Fsp3) is 0.0847. The van der Waals surface area contributed by atoms with Crippen LogP contribution in [0.1, 0.15) is 43.9 Å². The second kappa shape index (κ2) is 16.7. The predicted octanol–water partition coefficient (Wildman–Crippen LogP) is 15.7. The first kappa shape index (κ1) is 40.7. The third-order valence-corrected chi connectivity index (χ3v) is 15.7.